The second-order valence-electron chi connectivity index (χ2n) is 5.06. The van der Waals surface area contributed by atoms with Crippen LogP contribution in [-0.2, 0) is 4.74 Å². The van der Waals surface area contributed by atoms with E-state index in [1.54, 1.807) is 7.11 Å². The molecule has 0 amide bonds. The molecule has 0 aliphatic rings. The molecule has 0 spiro atoms. The van der Waals surface area contributed by atoms with Crippen LogP contribution in [0.1, 0.15) is 41.0 Å². The third-order valence-corrected chi connectivity index (χ3v) is 2.94. The van der Waals surface area contributed by atoms with E-state index in [2.05, 4.69) is 44.8 Å². The molecule has 0 bridgehead atoms. The van der Waals surface area contributed by atoms with Crippen molar-refractivity contribution in [3.8, 4) is 0 Å². The van der Waals surface area contributed by atoms with Crippen molar-refractivity contribution in [2.45, 2.75) is 59.2 Å². The highest BCUT2D eigenvalue weighted by Crippen LogP contribution is 2.03. The second-order valence-corrected chi connectivity index (χ2v) is 5.06. The largest absolute Gasteiger partial charge is 0.385 e. The number of hydrogen-bond acceptors (Lipinski definition) is 3. The molecular formula is C13H30N2O. The number of rotatable bonds is 9. The molecule has 0 saturated heterocycles. The molecule has 1 unspecified atom stereocenters. The van der Waals surface area contributed by atoms with Crippen LogP contribution < -0.4 is 5.32 Å². The number of nitrogens with zero attached hydrogens (tertiary/aromatic N) is 1. The van der Waals surface area contributed by atoms with Gasteiger partial charge in [0.05, 0.1) is 0 Å². The Kier molecular flexibility index (Phi) is 8.90. The van der Waals surface area contributed by atoms with E-state index in [1.807, 2.05) is 0 Å². The fraction of sp³-hybridized carbons (Fsp3) is 1.00. The summed E-state index contributed by atoms with van der Waals surface area (Å²) in [6.07, 6.45) is 1.08. The highest BCUT2D eigenvalue weighted by molar-refractivity contribution is 4.69. The fourth-order valence-corrected chi connectivity index (χ4v) is 1.95. The van der Waals surface area contributed by atoms with Gasteiger partial charge in [-0.1, -0.05) is 0 Å². The number of ether oxygens (including phenoxy) is 1. The number of methoxy groups -OCH3 is 1. The average molecular weight is 230 g/mol. The van der Waals surface area contributed by atoms with E-state index in [0.717, 1.165) is 26.1 Å². The van der Waals surface area contributed by atoms with E-state index in [1.165, 1.54) is 0 Å². The van der Waals surface area contributed by atoms with Gasteiger partial charge in [-0.05, 0) is 41.0 Å². The van der Waals surface area contributed by atoms with Gasteiger partial charge in [-0.2, -0.15) is 0 Å². The average Bonchev–Trinajstić information content (AvgIpc) is 2.20. The number of nitrogens with one attached hydrogen (secondary N) is 1. The maximum atomic E-state index is 5.07. The van der Waals surface area contributed by atoms with E-state index in [4.69, 9.17) is 4.74 Å². The highest BCUT2D eigenvalue weighted by Gasteiger charge is 2.12. The Balaban J connectivity index is 3.69. The van der Waals surface area contributed by atoms with Gasteiger partial charge in [0.1, 0.15) is 0 Å². The van der Waals surface area contributed by atoms with Crippen LogP contribution in [0, 0.1) is 0 Å². The molecule has 3 heteroatoms. The molecule has 3 nitrogen and oxygen atoms in total. The first-order valence-corrected chi connectivity index (χ1v) is 6.47. The molecule has 1 N–H and O–H groups in total. The van der Waals surface area contributed by atoms with E-state index >= 15 is 0 Å². The molecule has 0 aliphatic heterocycles. The lowest BCUT2D eigenvalue weighted by atomic mass is 10.2. The van der Waals surface area contributed by atoms with Gasteiger partial charge in [-0.25, -0.2) is 0 Å². The summed E-state index contributed by atoms with van der Waals surface area (Å²) in [7, 11) is 1.76. The molecule has 0 rings (SSSR count). The van der Waals surface area contributed by atoms with Crippen molar-refractivity contribution in [1.82, 2.24) is 10.2 Å². The fourth-order valence-electron chi connectivity index (χ4n) is 1.95. The molecule has 98 valence electrons. The van der Waals surface area contributed by atoms with Crippen LogP contribution >= 0.6 is 0 Å². The van der Waals surface area contributed by atoms with Crippen LogP contribution in [0.2, 0.25) is 0 Å². The van der Waals surface area contributed by atoms with E-state index < -0.39 is 0 Å². The first-order valence-electron chi connectivity index (χ1n) is 6.47. The first kappa shape index (κ1) is 15.9. The van der Waals surface area contributed by atoms with Gasteiger partial charge in [0.2, 0.25) is 0 Å². The van der Waals surface area contributed by atoms with Gasteiger partial charge >= 0.3 is 0 Å². The van der Waals surface area contributed by atoms with Gasteiger partial charge in [-0.15, -0.1) is 0 Å². The highest BCUT2D eigenvalue weighted by atomic mass is 16.5. The minimum Gasteiger partial charge on any atom is -0.385 e. The minimum absolute atomic E-state index is 0.543. The van der Waals surface area contributed by atoms with Crippen LogP contribution in [0.3, 0.4) is 0 Å². The standard InChI is InChI=1S/C13H30N2O/c1-11(2)15(12(3)4)9-8-14-13(5)7-10-16-6/h11-14H,7-10H2,1-6H3. The molecule has 0 aliphatic carbocycles. The summed E-state index contributed by atoms with van der Waals surface area (Å²) in [4.78, 5) is 2.51. The topological polar surface area (TPSA) is 24.5 Å². The van der Waals surface area contributed by atoms with Crippen molar-refractivity contribution in [2.24, 2.45) is 0 Å². The van der Waals surface area contributed by atoms with Gasteiger partial charge < -0.3 is 10.1 Å². The van der Waals surface area contributed by atoms with Gasteiger partial charge in [0.15, 0.2) is 0 Å². The predicted molar refractivity (Wildman–Crippen MR) is 70.9 cm³/mol. The molecule has 0 radical (unpaired) electrons. The third-order valence-electron chi connectivity index (χ3n) is 2.94. The maximum absolute atomic E-state index is 5.07. The Morgan fingerprint density at radius 1 is 1.06 bits per heavy atom. The zero-order valence-corrected chi connectivity index (χ0v) is 11.9. The molecule has 16 heavy (non-hydrogen) atoms. The Morgan fingerprint density at radius 2 is 1.62 bits per heavy atom. The summed E-state index contributed by atoms with van der Waals surface area (Å²) in [6.45, 7) is 14.3. The molecular weight excluding hydrogens is 200 g/mol. The summed E-state index contributed by atoms with van der Waals surface area (Å²) in [5.41, 5.74) is 0. The van der Waals surface area contributed by atoms with Gasteiger partial charge in [0.25, 0.3) is 0 Å². The lowest BCUT2D eigenvalue weighted by Gasteiger charge is -2.31. The van der Waals surface area contributed by atoms with Gasteiger partial charge in [-0.3, -0.25) is 4.90 Å². The molecule has 0 aromatic rings. The Bertz CT molecular complexity index is 152. The lowest BCUT2D eigenvalue weighted by molar-refractivity contribution is 0.166. The molecule has 1 atom stereocenters. The van der Waals surface area contributed by atoms with E-state index in [-0.39, 0.29) is 0 Å². The van der Waals surface area contributed by atoms with Crippen molar-refractivity contribution < 1.29 is 4.74 Å². The SMILES string of the molecule is COCCC(C)NCCN(C(C)C)C(C)C. The smallest absolute Gasteiger partial charge is 0.0476 e. The zero-order valence-electron chi connectivity index (χ0n) is 11.9. The first-order chi connectivity index (χ1) is 7.49. The van der Waals surface area contributed by atoms with Crippen molar-refractivity contribution >= 4 is 0 Å². The minimum atomic E-state index is 0.543. The lowest BCUT2D eigenvalue weighted by Crippen LogP contribution is -2.43. The quantitative estimate of drug-likeness (QED) is 0.656. The van der Waals surface area contributed by atoms with E-state index in [0.29, 0.717) is 18.1 Å². The van der Waals surface area contributed by atoms with Crippen molar-refractivity contribution in [1.29, 1.82) is 0 Å². The zero-order chi connectivity index (χ0) is 12.6. The van der Waals surface area contributed by atoms with Crippen LogP contribution in [0.4, 0.5) is 0 Å². The number of hydrogen-bond donors (Lipinski definition) is 1. The Hall–Kier alpha value is -0.120. The summed E-state index contributed by atoms with van der Waals surface area (Å²) >= 11 is 0. The molecule has 0 fully saturated rings. The summed E-state index contributed by atoms with van der Waals surface area (Å²) < 4.78 is 5.07. The molecule has 0 aromatic heterocycles. The van der Waals surface area contributed by atoms with E-state index in [9.17, 15) is 0 Å². The second kappa shape index (κ2) is 8.97. The monoisotopic (exact) mass is 230 g/mol. The molecule has 0 saturated carbocycles. The summed E-state index contributed by atoms with van der Waals surface area (Å²) in [5, 5.41) is 3.54. The summed E-state index contributed by atoms with van der Waals surface area (Å²) in [6, 6.07) is 1.79. The van der Waals surface area contributed by atoms with Crippen molar-refractivity contribution in [2.75, 3.05) is 26.8 Å². The predicted octanol–water partition coefficient (Wildman–Crippen LogP) is 2.12. The van der Waals surface area contributed by atoms with Crippen LogP contribution in [0.5, 0.6) is 0 Å². The van der Waals surface area contributed by atoms with Crippen LogP contribution in [0.25, 0.3) is 0 Å². The Morgan fingerprint density at radius 3 is 2.06 bits per heavy atom. The molecule has 0 aromatic carbocycles. The summed E-state index contributed by atoms with van der Waals surface area (Å²) in [5.74, 6) is 0. The van der Waals surface area contributed by atoms with Crippen LogP contribution in [0.15, 0.2) is 0 Å². The maximum Gasteiger partial charge on any atom is 0.0476 e. The third kappa shape index (κ3) is 7.20. The Labute approximate surface area is 102 Å². The van der Waals surface area contributed by atoms with Crippen LogP contribution in [-0.4, -0.2) is 49.8 Å². The van der Waals surface area contributed by atoms with Crippen molar-refractivity contribution in [3.63, 3.8) is 0 Å². The van der Waals surface area contributed by atoms with Crippen molar-refractivity contribution in [3.05, 3.63) is 0 Å². The normalized spacial score (nSPS) is 14.1. The van der Waals surface area contributed by atoms with Gasteiger partial charge in [0, 0.05) is 44.9 Å². The molecule has 0 heterocycles.